The van der Waals surface area contributed by atoms with Crippen molar-refractivity contribution in [3.8, 4) is 0 Å². The molecule has 0 saturated carbocycles. The van der Waals surface area contributed by atoms with Crippen molar-refractivity contribution in [1.82, 2.24) is 9.97 Å². The first kappa shape index (κ1) is 11.1. The molecule has 0 spiro atoms. The molecule has 0 aliphatic carbocycles. The van der Waals surface area contributed by atoms with Gasteiger partial charge < -0.3 is 4.90 Å². The van der Waals surface area contributed by atoms with Crippen LogP contribution in [-0.4, -0.2) is 29.0 Å². The lowest BCUT2D eigenvalue weighted by molar-refractivity contribution is -0.0265. The highest BCUT2D eigenvalue weighted by Gasteiger charge is 2.44. The Balaban J connectivity index is 2.08. The number of halogens is 3. The van der Waals surface area contributed by atoms with E-state index in [9.17, 15) is 8.78 Å². The molecule has 0 amide bonds. The second-order valence-corrected chi connectivity index (χ2v) is 5.32. The lowest BCUT2D eigenvalue weighted by atomic mass is 10.1. The quantitative estimate of drug-likeness (QED) is 0.743. The maximum Gasteiger partial charge on any atom is 0.282 e. The summed E-state index contributed by atoms with van der Waals surface area (Å²) in [5, 5.41) is 0.829. The summed E-state index contributed by atoms with van der Waals surface area (Å²) in [5.41, 5.74) is 0.783. The van der Waals surface area contributed by atoms with Crippen LogP contribution in [0, 0.1) is 3.57 Å². The fourth-order valence-corrected chi connectivity index (χ4v) is 2.42. The number of fused-ring (bicyclic) bond motifs is 1. The fraction of sp³-hybridized carbons (Fsp3) is 0.273. The minimum absolute atomic E-state index is 0.259. The van der Waals surface area contributed by atoms with Gasteiger partial charge in [-0.1, -0.05) is 0 Å². The number of anilines is 1. The summed E-state index contributed by atoms with van der Waals surface area (Å²) in [6.45, 7) is -0.519. The van der Waals surface area contributed by atoms with Crippen LogP contribution in [0.3, 0.4) is 0 Å². The second kappa shape index (κ2) is 3.72. The molecule has 1 fully saturated rings. The molecule has 1 saturated heterocycles. The Morgan fingerprint density at radius 1 is 1.24 bits per heavy atom. The Morgan fingerprint density at radius 2 is 2.00 bits per heavy atom. The molecular weight excluding hydrogens is 339 g/mol. The van der Waals surface area contributed by atoms with E-state index in [0.717, 1.165) is 14.5 Å². The summed E-state index contributed by atoms with van der Waals surface area (Å²) >= 11 is 2.18. The predicted molar refractivity (Wildman–Crippen MR) is 69.4 cm³/mol. The summed E-state index contributed by atoms with van der Waals surface area (Å²) in [5.74, 6) is -1.99. The Labute approximate surface area is 110 Å². The van der Waals surface area contributed by atoms with Crippen LogP contribution in [0.2, 0.25) is 0 Å². The third-order valence-corrected chi connectivity index (χ3v) is 3.39. The third-order valence-electron chi connectivity index (χ3n) is 2.72. The molecule has 0 radical (unpaired) electrons. The van der Waals surface area contributed by atoms with E-state index >= 15 is 0 Å². The first-order valence-corrected chi connectivity index (χ1v) is 6.16. The minimum atomic E-state index is -2.58. The summed E-state index contributed by atoms with van der Waals surface area (Å²) in [6, 6.07) is 5.73. The van der Waals surface area contributed by atoms with E-state index < -0.39 is 5.92 Å². The number of aromatic nitrogens is 2. The molecule has 6 heteroatoms. The van der Waals surface area contributed by atoms with Gasteiger partial charge >= 0.3 is 0 Å². The highest BCUT2D eigenvalue weighted by Crippen LogP contribution is 2.34. The Morgan fingerprint density at radius 3 is 2.71 bits per heavy atom. The number of benzene rings is 1. The average molecular weight is 347 g/mol. The van der Waals surface area contributed by atoms with Gasteiger partial charge in [0.15, 0.2) is 0 Å². The van der Waals surface area contributed by atoms with Crippen molar-refractivity contribution in [2.45, 2.75) is 5.92 Å². The molecule has 0 atom stereocenters. The summed E-state index contributed by atoms with van der Waals surface area (Å²) in [7, 11) is 0. The van der Waals surface area contributed by atoms with Gasteiger partial charge in [-0.15, -0.1) is 0 Å². The van der Waals surface area contributed by atoms with Gasteiger partial charge in [0.05, 0.1) is 18.6 Å². The standard InChI is InChI=1S/C11H8F2IN3/c12-11(13)4-17(5-11)10-8-3-7(14)1-2-9(8)15-6-16-10/h1-3,6H,4-5H2. The molecule has 1 aliphatic heterocycles. The van der Waals surface area contributed by atoms with Crippen molar-refractivity contribution in [2.75, 3.05) is 18.0 Å². The van der Waals surface area contributed by atoms with Crippen LogP contribution in [0.4, 0.5) is 14.6 Å². The summed E-state index contributed by atoms with van der Waals surface area (Å²) in [4.78, 5) is 9.83. The van der Waals surface area contributed by atoms with E-state index in [4.69, 9.17) is 0 Å². The molecule has 3 nitrogen and oxygen atoms in total. The zero-order valence-corrected chi connectivity index (χ0v) is 10.9. The van der Waals surface area contributed by atoms with Crippen LogP contribution in [0.15, 0.2) is 24.5 Å². The number of hydrogen-bond donors (Lipinski definition) is 0. The number of nitrogens with zero attached hydrogens (tertiary/aromatic N) is 3. The average Bonchev–Trinajstić information content (AvgIpc) is 2.25. The molecular formula is C11H8F2IN3. The van der Waals surface area contributed by atoms with Crippen LogP contribution in [-0.2, 0) is 0 Å². The third kappa shape index (κ3) is 1.94. The Hall–Kier alpha value is -1.05. The van der Waals surface area contributed by atoms with Gasteiger partial charge in [0, 0.05) is 8.96 Å². The molecule has 1 aromatic heterocycles. The Kier molecular flexibility index (Phi) is 2.42. The molecule has 2 heterocycles. The largest absolute Gasteiger partial charge is 0.344 e. The van der Waals surface area contributed by atoms with E-state index in [1.807, 2.05) is 18.2 Å². The van der Waals surface area contributed by atoms with E-state index in [2.05, 4.69) is 32.6 Å². The monoisotopic (exact) mass is 347 g/mol. The van der Waals surface area contributed by atoms with Crippen LogP contribution < -0.4 is 4.90 Å². The smallest absolute Gasteiger partial charge is 0.282 e. The summed E-state index contributed by atoms with van der Waals surface area (Å²) < 4.78 is 26.8. The molecule has 0 N–H and O–H groups in total. The molecule has 88 valence electrons. The van der Waals surface area contributed by atoms with E-state index in [1.54, 1.807) is 4.90 Å². The minimum Gasteiger partial charge on any atom is -0.344 e. The number of hydrogen-bond acceptors (Lipinski definition) is 3. The van der Waals surface area contributed by atoms with Crippen molar-refractivity contribution in [2.24, 2.45) is 0 Å². The van der Waals surface area contributed by atoms with Crippen LogP contribution >= 0.6 is 22.6 Å². The molecule has 1 aliphatic rings. The maximum atomic E-state index is 12.9. The van der Waals surface area contributed by atoms with Crippen molar-refractivity contribution in [3.63, 3.8) is 0 Å². The van der Waals surface area contributed by atoms with Gasteiger partial charge in [-0.25, -0.2) is 18.7 Å². The van der Waals surface area contributed by atoms with Crippen LogP contribution in [0.5, 0.6) is 0 Å². The first-order chi connectivity index (χ1) is 8.05. The number of alkyl halides is 2. The van der Waals surface area contributed by atoms with Crippen molar-refractivity contribution in [1.29, 1.82) is 0 Å². The lowest BCUT2D eigenvalue weighted by Crippen LogP contribution is -2.56. The van der Waals surface area contributed by atoms with Gasteiger partial charge in [-0.05, 0) is 40.8 Å². The van der Waals surface area contributed by atoms with E-state index in [0.29, 0.717) is 5.82 Å². The molecule has 3 rings (SSSR count). The van der Waals surface area contributed by atoms with Crippen molar-refractivity contribution >= 4 is 39.3 Å². The highest BCUT2D eigenvalue weighted by atomic mass is 127. The van der Waals surface area contributed by atoms with Crippen molar-refractivity contribution < 1.29 is 8.78 Å². The molecule has 2 aromatic rings. The molecule has 0 bridgehead atoms. The first-order valence-electron chi connectivity index (χ1n) is 5.08. The molecule has 0 unspecified atom stereocenters. The number of rotatable bonds is 1. The zero-order chi connectivity index (χ0) is 12.0. The van der Waals surface area contributed by atoms with Gasteiger partial charge in [0.1, 0.15) is 12.1 Å². The highest BCUT2D eigenvalue weighted by molar-refractivity contribution is 14.1. The maximum absolute atomic E-state index is 12.9. The van der Waals surface area contributed by atoms with E-state index in [-0.39, 0.29) is 13.1 Å². The summed E-state index contributed by atoms with van der Waals surface area (Å²) in [6.07, 6.45) is 1.42. The predicted octanol–water partition coefficient (Wildman–Crippen LogP) is 2.69. The van der Waals surface area contributed by atoms with E-state index in [1.165, 1.54) is 6.33 Å². The van der Waals surface area contributed by atoms with Gasteiger partial charge in [-0.3, -0.25) is 0 Å². The van der Waals surface area contributed by atoms with Crippen LogP contribution in [0.1, 0.15) is 0 Å². The van der Waals surface area contributed by atoms with Crippen molar-refractivity contribution in [3.05, 3.63) is 28.1 Å². The van der Waals surface area contributed by atoms with Crippen LogP contribution in [0.25, 0.3) is 10.9 Å². The second-order valence-electron chi connectivity index (χ2n) is 4.07. The molecule has 17 heavy (non-hydrogen) atoms. The Bertz CT molecular complexity index is 580. The van der Waals surface area contributed by atoms with Gasteiger partial charge in [0.2, 0.25) is 0 Å². The van der Waals surface area contributed by atoms with Gasteiger partial charge in [0.25, 0.3) is 5.92 Å². The molecule has 1 aromatic carbocycles. The topological polar surface area (TPSA) is 29.0 Å². The lowest BCUT2D eigenvalue weighted by Gasteiger charge is -2.39. The van der Waals surface area contributed by atoms with Gasteiger partial charge in [-0.2, -0.15) is 0 Å². The normalized spacial score (nSPS) is 18.2. The SMILES string of the molecule is FC1(F)CN(c2ncnc3ccc(I)cc23)C1. The zero-order valence-electron chi connectivity index (χ0n) is 8.70. The fourth-order valence-electron chi connectivity index (χ4n) is 1.93.